The Bertz CT molecular complexity index is 1150. The summed E-state index contributed by atoms with van der Waals surface area (Å²) in [6.45, 7) is 1.88. The zero-order valence-corrected chi connectivity index (χ0v) is 19.6. The Morgan fingerprint density at radius 3 is 2.60 bits per heavy atom. The van der Waals surface area contributed by atoms with Gasteiger partial charge >= 0.3 is 0 Å². The average molecular weight is 482 g/mol. The number of hydrogen-bond donors (Lipinski definition) is 3. The minimum atomic E-state index is -0.651. The van der Waals surface area contributed by atoms with Crippen LogP contribution in [0.15, 0.2) is 54.7 Å². The third-order valence-electron chi connectivity index (χ3n) is 5.96. The molecule has 2 heterocycles. The van der Waals surface area contributed by atoms with Crippen molar-refractivity contribution in [2.75, 3.05) is 35.8 Å². The number of halogens is 2. The monoisotopic (exact) mass is 481 g/mol. The highest BCUT2D eigenvalue weighted by atomic mass is 19.1. The molecule has 2 aromatic carbocycles. The fourth-order valence-corrected chi connectivity index (χ4v) is 4.38. The first-order valence-electron chi connectivity index (χ1n) is 11.5. The van der Waals surface area contributed by atoms with E-state index in [1.807, 2.05) is 12.1 Å². The summed E-state index contributed by atoms with van der Waals surface area (Å²) < 4.78 is 32.4. The van der Waals surface area contributed by atoms with Gasteiger partial charge in [0, 0.05) is 61.2 Å². The summed E-state index contributed by atoms with van der Waals surface area (Å²) in [7, 11) is 1.73. The molecule has 1 aromatic heterocycles. The van der Waals surface area contributed by atoms with Gasteiger partial charge in [-0.05, 0) is 54.8 Å². The lowest BCUT2D eigenvalue weighted by molar-refractivity contribution is -0.117. The molecule has 7 nitrogen and oxygen atoms in total. The van der Waals surface area contributed by atoms with Crippen LogP contribution in [-0.4, -0.2) is 37.2 Å². The predicted molar refractivity (Wildman–Crippen MR) is 133 cm³/mol. The van der Waals surface area contributed by atoms with Gasteiger partial charge in [-0.1, -0.05) is 0 Å². The zero-order valence-electron chi connectivity index (χ0n) is 19.6. The van der Waals surface area contributed by atoms with E-state index in [1.54, 1.807) is 19.4 Å². The summed E-state index contributed by atoms with van der Waals surface area (Å²) >= 11 is 0. The summed E-state index contributed by atoms with van der Waals surface area (Å²) in [4.78, 5) is 18.3. The highest BCUT2D eigenvalue weighted by Gasteiger charge is 2.24. The standard InChI is InChI=1S/C26H29F2N5O2/c1-35-16-23-3-2-8-33(23)22-6-4-21(5-7-22)32-26-13-24(18(15-31-26)11-25(29)34)30-14-17-9-19(27)12-20(28)10-17/h4-7,9-10,12-13,15,23H,2-3,8,11,14,16H2,1H3,(H2,29,34)(H2,30,31,32)/t23-/m0/s1. The molecule has 4 rings (SSSR count). The van der Waals surface area contributed by atoms with Gasteiger partial charge in [-0.2, -0.15) is 0 Å². The first-order valence-corrected chi connectivity index (χ1v) is 11.5. The molecule has 0 unspecified atom stereocenters. The third kappa shape index (κ3) is 6.45. The van der Waals surface area contributed by atoms with Crippen LogP contribution < -0.4 is 21.3 Å². The molecular formula is C26H29F2N5O2. The van der Waals surface area contributed by atoms with Crippen molar-refractivity contribution in [3.63, 3.8) is 0 Å². The van der Waals surface area contributed by atoms with Crippen LogP contribution in [0.1, 0.15) is 24.0 Å². The molecular weight excluding hydrogens is 452 g/mol. The molecule has 1 fully saturated rings. The Labute approximate surface area is 203 Å². The first-order chi connectivity index (χ1) is 16.9. The van der Waals surface area contributed by atoms with E-state index in [2.05, 4.69) is 32.7 Å². The zero-order chi connectivity index (χ0) is 24.8. The summed E-state index contributed by atoms with van der Waals surface area (Å²) in [5.74, 6) is -1.25. The topological polar surface area (TPSA) is 92.5 Å². The summed E-state index contributed by atoms with van der Waals surface area (Å²) in [5.41, 5.74) is 8.99. The van der Waals surface area contributed by atoms with Crippen molar-refractivity contribution in [1.29, 1.82) is 0 Å². The Hall–Kier alpha value is -3.72. The van der Waals surface area contributed by atoms with Crippen molar-refractivity contribution in [3.8, 4) is 0 Å². The molecule has 1 aliphatic heterocycles. The maximum atomic E-state index is 13.5. The Balaban J connectivity index is 1.49. The van der Waals surface area contributed by atoms with E-state index in [-0.39, 0.29) is 13.0 Å². The number of benzene rings is 2. The van der Waals surface area contributed by atoms with Crippen molar-refractivity contribution in [3.05, 3.63) is 77.5 Å². The van der Waals surface area contributed by atoms with Gasteiger partial charge < -0.3 is 26.0 Å². The maximum absolute atomic E-state index is 13.5. The third-order valence-corrected chi connectivity index (χ3v) is 5.96. The Morgan fingerprint density at radius 2 is 1.91 bits per heavy atom. The lowest BCUT2D eigenvalue weighted by atomic mass is 10.1. The quantitative estimate of drug-likeness (QED) is 0.399. The maximum Gasteiger partial charge on any atom is 0.221 e. The van der Waals surface area contributed by atoms with Crippen LogP contribution in [0.5, 0.6) is 0 Å². The number of primary amides is 1. The fraction of sp³-hybridized carbons (Fsp3) is 0.308. The molecule has 0 saturated carbocycles. The van der Waals surface area contributed by atoms with Gasteiger partial charge in [-0.15, -0.1) is 0 Å². The number of nitrogens with two attached hydrogens (primary N) is 1. The van der Waals surface area contributed by atoms with Crippen molar-refractivity contribution in [2.24, 2.45) is 5.73 Å². The van der Waals surface area contributed by atoms with E-state index < -0.39 is 17.5 Å². The number of methoxy groups -OCH3 is 1. The second kappa shape index (κ2) is 11.1. The van der Waals surface area contributed by atoms with E-state index in [0.717, 1.165) is 36.8 Å². The minimum absolute atomic E-state index is 0.0136. The van der Waals surface area contributed by atoms with Crippen LogP contribution in [0.4, 0.5) is 31.7 Å². The van der Waals surface area contributed by atoms with Crippen LogP contribution >= 0.6 is 0 Å². The number of hydrogen-bond acceptors (Lipinski definition) is 6. The SMILES string of the molecule is COC[C@@H]1CCCN1c1ccc(Nc2cc(NCc3cc(F)cc(F)c3)c(CC(N)=O)cn2)cc1. The number of nitrogens with zero attached hydrogens (tertiary/aromatic N) is 2. The Morgan fingerprint density at radius 1 is 1.17 bits per heavy atom. The summed E-state index contributed by atoms with van der Waals surface area (Å²) in [6.07, 6.45) is 3.82. The molecule has 0 aliphatic carbocycles. The van der Waals surface area contributed by atoms with E-state index in [9.17, 15) is 13.6 Å². The van der Waals surface area contributed by atoms with E-state index in [0.29, 0.717) is 35.3 Å². The normalized spacial score (nSPS) is 15.3. The van der Waals surface area contributed by atoms with Gasteiger partial charge in [0.15, 0.2) is 0 Å². The average Bonchev–Trinajstić information content (AvgIpc) is 3.27. The number of nitrogens with one attached hydrogen (secondary N) is 2. The Kier molecular flexibility index (Phi) is 7.77. The first kappa shape index (κ1) is 24.4. The predicted octanol–water partition coefficient (Wildman–Crippen LogP) is 4.36. The number of ether oxygens (including phenoxy) is 1. The van der Waals surface area contributed by atoms with Gasteiger partial charge in [0.1, 0.15) is 17.5 Å². The van der Waals surface area contributed by atoms with E-state index in [4.69, 9.17) is 10.5 Å². The summed E-state index contributed by atoms with van der Waals surface area (Å²) in [5, 5.41) is 6.40. The lowest BCUT2D eigenvalue weighted by Gasteiger charge is -2.26. The number of pyridine rings is 1. The molecule has 3 aromatic rings. The molecule has 1 atom stereocenters. The second-order valence-corrected chi connectivity index (χ2v) is 8.62. The summed E-state index contributed by atoms with van der Waals surface area (Å²) in [6, 6.07) is 13.6. The highest BCUT2D eigenvalue weighted by Crippen LogP contribution is 2.28. The fourth-order valence-electron chi connectivity index (χ4n) is 4.38. The van der Waals surface area contributed by atoms with Crippen molar-refractivity contribution < 1.29 is 18.3 Å². The molecule has 0 radical (unpaired) electrons. The van der Waals surface area contributed by atoms with Gasteiger partial charge in [-0.25, -0.2) is 13.8 Å². The number of anilines is 4. The molecule has 1 amide bonds. The number of carbonyl (C=O) groups is 1. The minimum Gasteiger partial charge on any atom is -0.383 e. The number of carbonyl (C=O) groups excluding carboxylic acids is 1. The smallest absolute Gasteiger partial charge is 0.221 e. The van der Waals surface area contributed by atoms with Crippen LogP contribution in [-0.2, 0) is 22.5 Å². The number of amides is 1. The molecule has 35 heavy (non-hydrogen) atoms. The van der Waals surface area contributed by atoms with Gasteiger partial charge in [0.25, 0.3) is 0 Å². The molecule has 9 heteroatoms. The van der Waals surface area contributed by atoms with Crippen LogP contribution in [0.3, 0.4) is 0 Å². The largest absolute Gasteiger partial charge is 0.383 e. The molecule has 1 aliphatic rings. The molecule has 0 bridgehead atoms. The van der Waals surface area contributed by atoms with Gasteiger partial charge in [-0.3, -0.25) is 4.79 Å². The number of rotatable bonds is 10. The molecule has 184 valence electrons. The van der Waals surface area contributed by atoms with E-state index >= 15 is 0 Å². The van der Waals surface area contributed by atoms with Gasteiger partial charge in [0.2, 0.25) is 5.91 Å². The molecule has 4 N–H and O–H groups in total. The van der Waals surface area contributed by atoms with Crippen LogP contribution in [0, 0.1) is 11.6 Å². The number of aromatic nitrogens is 1. The highest BCUT2D eigenvalue weighted by molar-refractivity contribution is 5.79. The van der Waals surface area contributed by atoms with Crippen molar-refractivity contribution >= 4 is 28.8 Å². The van der Waals surface area contributed by atoms with Crippen LogP contribution in [0.25, 0.3) is 0 Å². The van der Waals surface area contributed by atoms with Crippen molar-refractivity contribution in [1.82, 2.24) is 4.98 Å². The van der Waals surface area contributed by atoms with E-state index in [1.165, 1.54) is 12.1 Å². The molecule has 1 saturated heterocycles. The second-order valence-electron chi connectivity index (χ2n) is 8.62. The lowest BCUT2D eigenvalue weighted by Crippen LogP contribution is -2.32. The van der Waals surface area contributed by atoms with Crippen molar-refractivity contribution in [2.45, 2.75) is 31.8 Å². The van der Waals surface area contributed by atoms with Gasteiger partial charge in [0.05, 0.1) is 19.1 Å². The van der Waals surface area contributed by atoms with Crippen LogP contribution in [0.2, 0.25) is 0 Å². The molecule has 0 spiro atoms.